The molecule has 1 heterocycles. The van der Waals surface area contributed by atoms with Gasteiger partial charge in [0.05, 0.1) is 18.5 Å². The van der Waals surface area contributed by atoms with Crippen molar-refractivity contribution in [2.75, 3.05) is 6.54 Å². The summed E-state index contributed by atoms with van der Waals surface area (Å²) in [6.45, 7) is 3.91. The second kappa shape index (κ2) is 6.51. The summed E-state index contributed by atoms with van der Waals surface area (Å²) in [6.07, 6.45) is 1.54. The lowest BCUT2D eigenvalue weighted by atomic mass is 10.1. The average Bonchev–Trinajstić information content (AvgIpc) is 2.45. The van der Waals surface area contributed by atoms with Crippen LogP contribution in [0.3, 0.4) is 0 Å². The normalized spacial score (nSPS) is 14.7. The van der Waals surface area contributed by atoms with Crippen LogP contribution in [-0.4, -0.2) is 35.5 Å². The van der Waals surface area contributed by atoms with Crippen LogP contribution in [0.4, 0.5) is 9.59 Å². The smallest absolute Gasteiger partial charge is 0.245 e. The number of hydrazone groups is 2. The largest absolute Gasteiger partial charge is 0.356 e. The molecule has 1 aromatic carbocycles. The van der Waals surface area contributed by atoms with Gasteiger partial charge in [0.25, 0.3) is 0 Å². The van der Waals surface area contributed by atoms with Gasteiger partial charge in [0.2, 0.25) is 0 Å². The maximum absolute atomic E-state index is 11.6. The van der Waals surface area contributed by atoms with Crippen molar-refractivity contribution in [1.82, 2.24) is 21.3 Å². The van der Waals surface area contributed by atoms with Gasteiger partial charge in [-0.05, 0) is 25.0 Å². The molecule has 0 spiro atoms. The molecule has 0 aromatic heterocycles. The molecule has 1 aliphatic heterocycles. The molecule has 0 unspecified atom stereocenters. The van der Waals surface area contributed by atoms with Crippen LogP contribution in [-0.2, 0) is 0 Å². The Kier molecular flexibility index (Phi) is 4.50. The summed E-state index contributed by atoms with van der Waals surface area (Å²) < 4.78 is 0. The highest BCUT2D eigenvalue weighted by Gasteiger charge is 2.20. The first kappa shape index (κ1) is 14.5. The number of carbonyl (C=O) groups excluding carboxylic acids is 2. The van der Waals surface area contributed by atoms with Gasteiger partial charge in [0.1, 0.15) is 0 Å². The molecule has 21 heavy (non-hydrogen) atoms. The number of aryl methyl sites for hydroxylation is 1. The third-order valence-corrected chi connectivity index (χ3v) is 2.77. The van der Waals surface area contributed by atoms with Crippen LogP contribution in [0.2, 0.25) is 0 Å². The zero-order valence-corrected chi connectivity index (χ0v) is 11.8. The number of carbonyl (C=O) groups is 2. The summed E-state index contributed by atoms with van der Waals surface area (Å²) in [5.74, 6) is 0. The van der Waals surface area contributed by atoms with Gasteiger partial charge in [0.15, 0.2) is 0 Å². The summed E-state index contributed by atoms with van der Waals surface area (Å²) in [5, 5.41) is 8.70. The van der Waals surface area contributed by atoms with E-state index < -0.39 is 12.1 Å². The fourth-order valence-corrected chi connectivity index (χ4v) is 1.67. The second-order valence-corrected chi connectivity index (χ2v) is 4.52. The van der Waals surface area contributed by atoms with Gasteiger partial charge < -0.3 is 0 Å². The molecule has 0 atom stereocenters. The molecule has 0 saturated heterocycles. The molecule has 3 N–H and O–H groups in total. The molecule has 0 saturated carbocycles. The Morgan fingerprint density at radius 3 is 2.95 bits per heavy atom. The van der Waals surface area contributed by atoms with Crippen LogP contribution >= 0.6 is 0 Å². The van der Waals surface area contributed by atoms with E-state index in [1.54, 1.807) is 6.92 Å². The summed E-state index contributed by atoms with van der Waals surface area (Å²) >= 11 is 0. The number of urea groups is 2. The second-order valence-electron chi connectivity index (χ2n) is 4.52. The number of nitrogens with one attached hydrogen (secondary N) is 3. The van der Waals surface area contributed by atoms with Crippen LogP contribution in [0, 0.1) is 6.92 Å². The van der Waals surface area contributed by atoms with Crippen molar-refractivity contribution in [3.63, 3.8) is 0 Å². The Morgan fingerprint density at radius 2 is 2.19 bits per heavy atom. The SMILES string of the molecule is CC1=NNC(=O)N(NC(=O)N/N=C/c2ccccc2C)C1. The number of rotatable bonds is 3. The monoisotopic (exact) mass is 288 g/mol. The zero-order valence-electron chi connectivity index (χ0n) is 11.8. The lowest BCUT2D eigenvalue weighted by Gasteiger charge is -2.25. The fourth-order valence-electron chi connectivity index (χ4n) is 1.67. The topological polar surface area (TPSA) is 98.2 Å². The Balaban J connectivity index is 1.87. The number of hydrogen-bond acceptors (Lipinski definition) is 4. The highest BCUT2D eigenvalue weighted by Crippen LogP contribution is 2.03. The molecule has 8 nitrogen and oxygen atoms in total. The van der Waals surface area contributed by atoms with Crippen LogP contribution < -0.4 is 16.3 Å². The fraction of sp³-hybridized carbons (Fsp3) is 0.231. The third kappa shape index (κ3) is 4.03. The standard InChI is InChI=1S/C13H16N6O2/c1-9-5-3-4-6-11(9)7-14-16-12(20)18-19-8-10(2)15-17-13(19)21/h3-7H,8H2,1-2H3,(H,17,21)(H2,16,18,20)/b14-7+. The average molecular weight is 288 g/mol. The Morgan fingerprint density at radius 1 is 1.43 bits per heavy atom. The van der Waals surface area contributed by atoms with Crippen molar-refractivity contribution < 1.29 is 9.59 Å². The molecule has 1 aliphatic rings. The summed E-state index contributed by atoms with van der Waals surface area (Å²) in [4.78, 5) is 23.1. The maximum Gasteiger partial charge on any atom is 0.356 e. The van der Waals surface area contributed by atoms with Gasteiger partial charge >= 0.3 is 12.1 Å². The van der Waals surface area contributed by atoms with Crippen molar-refractivity contribution in [3.8, 4) is 0 Å². The van der Waals surface area contributed by atoms with E-state index in [2.05, 4.69) is 26.5 Å². The molecule has 1 aromatic rings. The van der Waals surface area contributed by atoms with Crippen molar-refractivity contribution in [3.05, 3.63) is 35.4 Å². The molecule has 0 aliphatic carbocycles. The summed E-state index contributed by atoms with van der Waals surface area (Å²) in [5.41, 5.74) is 9.57. The third-order valence-electron chi connectivity index (χ3n) is 2.77. The minimum atomic E-state index is -0.607. The number of amides is 4. The first-order valence-electron chi connectivity index (χ1n) is 6.32. The summed E-state index contributed by atoms with van der Waals surface area (Å²) in [6, 6.07) is 6.53. The van der Waals surface area contributed by atoms with Gasteiger partial charge in [-0.3, -0.25) is 0 Å². The van der Waals surface area contributed by atoms with E-state index in [1.165, 1.54) is 6.21 Å². The van der Waals surface area contributed by atoms with Gasteiger partial charge in [-0.1, -0.05) is 24.3 Å². The van der Waals surface area contributed by atoms with Crippen molar-refractivity contribution in [2.45, 2.75) is 13.8 Å². The molecule has 2 rings (SSSR count). The zero-order chi connectivity index (χ0) is 15.2. The lowest BCUT2D eigenvalue weighted by molar-refractivity contribution is 0.173. The number of benzene rings is 1. The van der Waals surface area contributed by atoms with Crippen LogP contribution in [0.1, 0.15) is 18.1 Å². The summed E-state index contributed by atoms with van der Waals surface area (Å²) in [7, 11) is 0. The van der Waals surface area contributed by atoms with Gasteiger partial charge in [-0.15, -0.1) is 0 Å². The lowest BCUT2D eigenvalue weighted by Crippen LogP contribution is -2.55. The Bertz CT molecular complexity index is 610. The van der Waals surface area contributed by atoms with E-state index in [0.29, 0.717) is 5.71 Å². The number of nitrogens with zero attached hydrogens (tertiary/aromatic N) is 3. The molecule has 110 valence electrons. The van der Waals surface area contributed by atoms with E-state index in [1.807, 2.05) is 31.2 Å². The molecular formula is C13H16N6O2. The highest BCUT2D eigenvalue weighted by molar-refractivity contribution is 5.92. The first-order valence-corrected chi connectivity index (χ1v) is 6.32. The molecule has 0 bridgehead atoms. The molecule has 8 heteroatoms. The van der Waals surface area contributed by atoms with E-state index in [4.69, 9.17) is 0 Å². The highest BCUT2D eigenvalue weighted by atomic mass is 16.2. The number of hydrazine groups is 1. The van der Waals surface area contributed by atoms with Crippen molar-refractivity contribution >= 4 is 24.0 Å². The molecule has 0 fully saturated rings. The van der Waals surface area contributed by atoms with Gasteiger partial charge in [0, 0.05) is 0 Å². The predicted octanol–water partition coefficient (Wildman–Crippen LogP) is 0.944. The Labute approximate surface area is 121 Å². The van der Waals surface area contributed by atoms with Gasteiger partial charge in [-0.2, -0.15) is 10.2 Å². The first-order chi connectivity index (χ1) is 10.1. The van der Waals surface area contributed by atoms with E-state index >= 15 is 0 Å². The van der Waals surface area contributed by atoms with Gasteiger partial charge in [-0.25, -0.2) is 30.9 Å². The van der Waals surface area contributed by atoms with E-state index in [0.717, 1.165) is 16.1 Å². The van der Waals surface area contributed by atoms with Crippen LogP contribution in [0.5, 0.6) is 0 Å². The Hall–Kier alpha value is -2.90. The minimum absolute atomic E-state index is 0.223. The predicted molar refractivity (Wildman–Crippen MR) is 78.8 cm³/mol. The molecule has 0 radical (unpaired) electrons. The van der Waals surface area contributed by atoms with E-state index in [-0.39, 0.29) is 6.54 Å². The van der Waals surface area contributed by atoms with Crippen LogP contribution in [0.15, 0.2) is 34.5 Å². The quantitative estimate of drug-likeness (QED) is 0.570. The minimum Gasteiger partial charge on any atom is -0.245 e. The van der Waals surface area contributed by atoms with Crippen LogP contribution in [0.25, 0.3) is 0 Å². The van der Waals surface area contributed by atoms with E-state index in [9.17, 15) is 9.59 Å². The van der Waals surface area contributed by atoms with Crippen molar-refractivity contribution in [1.29, 1.82) is 0 Å². The molecule has 4 amide bonds. The number of hydrogen-bond donors (Lipinski definition) is 3. The molecular weight excluding hydrogens is 272 g/mol. The van der Waals surface area contributed by atoms with Crippen molar-refractivity contribution in [2.24, 2.45) is 10.2 Å². The maximum atomic E-state index is 11.6.